The second-order valence-corrected chi connectivity index (χ2v) is 10.4. The van der Waals surface area contributed by atoms with Crippen molar-refractivity contribution in [3.63, 3.8) is 0 Å². The summed E-state index contributed by atoms with van der Waals surface area (Å²) in [6, 6.07) is 0. The second kappa shape index (κ2) is 15.1. The van der Waals surface area contributed by atoms with Gasteiger partial charge in [-0.15, -0.1) is 0 Å². The molecule has 165 valence electrons. The van der Waals surface area contributed by atoms with Crippen LogP contribution in [-0.4, -0.2) is 13.7 Å². The van der Waals surface area contributed by atoms with Gasteiger partial charge in [0.05, 0.1) is 0 Å². The van der Waals surface area contributed by atoms with Gasteiger partial charge in [0, 0.05) is 33.9 Å². The summed E-state index contributed by atoms with van der Waals surface area (Å²) >= 11 is 29.4. The van der Waals surface area contributed by atoms with E-state index in [1.54, 1.807) is 0 Å². The summed E-state index contributed by atoms with van der Waals surface area (Å²) in [4.78, 5) is 0. The summed E-state index contributed by atoms with van der Waals surface area (Å²) in [6.07, 6.45) is 9.52. The van der Waals surface area contributed by atoms with Gasteiger partial charge in [0.25, 0.3) is 0 Å². The molecule has 3 aliphatic rings. The first-order valence-electron chi connectivity index (χ1n) is 9.02. The monoisotopic (exact) mass is 536 g/mol. The largest absolute Gasteiger partial charge is 0.810 e. The van der Waals surface area contributed by atoms with Gasteiger partial charge in [-0.1, -0.05) is 16.7 Å². The Morgan fingerprint density at radius 2 is 0.679 bits per heavy atom. The first kappa shape index (κ1) is 29.2. The van der Waals surface area contributed by atoms with E-state index in [0.29, 0.717) is 0 Å². The van der Waals surface area contributed by atoms with E-state index < -0.39 is 0 Å². The molecule has 0 aromatic carbocycles. The van der Waals surface area contributed by atoms with Crippen LogP contribution in [0.15, 0.2) is 33.8 Å². The summed E-state index contributed by atoms with van der Waals surface area (Å²) in [7, 11) is 0. The van der Waals surface area contributed by atoms with Crippen LogP contribution >= 0.6 is 0 Å². The van der Waals surface area contributed by atoms with Crippen LogP contribution in [0, 0.1) is 0 Å². The smallest absolute Gasteiger partial charge is 0.00368 e. The van der Waals surface area contributed by atoms with Crippen LogP contribution in [0.1, 0.15) is 57.8 Å². The third-order valence-electron chi connectivity index (χ3n) is 4.77. The molecule has 0 unspecified atom stereocenters. The molecule has 1 radical (unpaired) electrons. The molecule has 3 aliphatic carbocycles. The van der Waals surface area contributed by atoms with Crippen LogP contribution in [0.25, 0.3) is 0 Å². The van der Waals surface area contributed by atoms with Crippen LogP contribution in [-0.2, 0) is 92.6 Å². The number of allylic oxidation sites excluding steroid dienone is 3. The van der Waals surface area contributed by atoms with Crippen LogP contribution in [0.4, 0.5) is 0 Å². The van der Waals surface area contributed by atoms with Crippen molar-refractivity contribution in [1.29, 1.82) is 0 Å². The Balaban J connectivity index is 0.000000384. The van der Waals surface area contributed by atoms with Crippen molar-refractivity contribution in [3.05, 3.63) is 33.8 Å². The Morgan fingerprint density at radius 1 is 0.464 bits per heavy atom. The van der Waals surface area contributed by atoms with Crippen molar-refractivity contribution < 1.29 is 16.8 Å². The van der Waals surface area contributed by atoms with Crippen LogP contribution in [0.3, 0.4) is 0 Å². The van der Waals surface area contributed by atoms with Gasteiger partial charge in [-0.3, -0.25) is 13.7 Å². The zero-order chi connectivity index (χ0) is 20.6. The summed E-state index contributed by atoms with van der Waals surface area (Å²) in [5.41, 5.74) is 23.1. The molecule has 0 amide bonds. The molecule has 0 aliphatic heterocycles. The van der Waals surface area contributed by atoms with Crippen molar-refractivity contribution in [1.82, 2.24) is 0 Å². The van der Waals surface area contributed by atoms with Crippen LogP contribution in [0.5, 0.6) is 0 Å². The maximum Gasteiger partial charge on any atom is 0.00368 e. The molecule has 3 nitrogen and oxygen atoms in total. The van der Waals surface area contributed by atoms with E-state index >= 15 is 0 Å². The first-order valence-corrected chi connectivity index (χ1v) is 11.8. The van der Waals surface area contributed by atoms with Gasteiger partial charge in [0.1, 0.15) is 0 Å². The van der Waals surface area contributed by atoms with E-state index in [0.717, 1.165) is 91.6 Å². The molecule has 0 aromatic rings. The van der Waals surface area contributed by atoms with Gasteiger partial charge in [0.2, 0.25) is 0 Å². The molecule has 0 aromatic heterocycles. The van der Waals surface area contributed by atoms with Gasteiger partial charge < -0.3 is 93.0 Å². The van der Waals surface area contributed by atoms with Gasteiger partial charge >= 0.3 is 0 Å². The average molecular weight is 537 g/mol. The number of nitrogens with two attached hydrogens (primary N) is 3. The molecule has 10 heteroatoms. The summed E-state index contributed by atoms with van der Waals surface area (Å²) in [5.74, 6) is 0. The third kappa shape index (κ3) is 10.0. The van der Waals surface area contributed by atoms with Crippen molar-refractivity contribution in [2.45, 2.75) is 71.5 Å². The van der Waals surface area contributed by atoms with Crippen LogP contribution < -0.4 is 17.2 Å². The zero-order valence-corrected chi connectivity index (χ0v) is 21.6. The van der Waals surface area contributed by atoms with Gasteiger partial charge in [-0.2, -0.15) is 0 Å². The summed E-state index contributed by atoms with van der Waals surface area (Å²) in [5, 5.41) is 0. The van der Waals surface area contributed by atoms with E-state index in [2.05, 4.69) is 0 Å². The molecule has 0 atom stereocenters. The predicted octanol–water partition coefficient (Wildman–Crippen LogP) is 2.41. The Morgan fingerprint density at radius 3 is 0.750 bits per heavy atom. The number of hydrogen-bond donors (Lipinski definition) is 3. The molecule has 28 heavy (non-hydrogen) atoms. The Kier molecular flexibility index (Phi) is 15.8. The molecular weight excluding hydrogens is 510 g/mol. The van der Waals surface area contributed by atoms with E-state index in [1.165, 1.54) is 0 Å². The van der Waals surface area contributed by atoms with E-state index in [4.69, 9.17) is 93.0 Å². The Hall–Kier alpha value is 1.23. The molecule has 0 bridgehead atoms. The molecule has 3 rings (SSSR count). The number of rotatable bonds is 3. The Labute approximate surface area is 213 Å². The van der Waals surface area contributed by atoms with Gasteiger partial charge in [0.15, 0.2) is 0 Å². The van der Waals surface area contributed by atoms with Crippen molar-refractivity contribution in [2.24, 2.45) is 17.2 Å². The summed E-state index contributed by atoms with van der Waals surface area (Å²) in [6.45, 7) is 0. The minimum absolute atomic E-state index is 0. The van der Waals surface area contributed by atoms with Gasteiger partial charge in [-0.25, -0.2) is 0 Å². The normalized spacial score (nSPS) is 19.2. The molecule has 0 saturated carbocycles. The quantitative estimate of drug-likeness (QED) is 0.472. The van der Waals surface area contributed by atoms with Crippen molar-refractivity contribution >= 4 is 75.8 Å². The maximum absolute atomic E-state index is 5.63. The minimum Gasteiger partial charge on any atom is -0.810 e. The third-order valence-corrected chi connectivity index (χ3v) is 6.47. The molecule has 6 N–H and O–H groups in total. The van der Waals surface area contributed by atoms with Crippen LogP contribution in [0.2, 0.25) is 0 Å². The second-order valence-electron chi connectivity index (χ2n) is 6.71. The fraction of sp³-hybridized carbons (Fsp3) is 0.667. The first-order chi connectivity index (χ1) is 12.6. The SMILES string of the molecule is NC1=C(C([S-])[S-])CCC1.NC1=C(C([S-])[S-])CCC1.NC1=C(C([S-])[S-])CCC1.[Co]. The zero-order valence-electron chi connectivity index (χ0n) is 15.6. The standard InChI is InChI=1S/3C6H11NS2.Co/c3*7-5-3-1-2-4(5)6(8)9;/h3*6,8-9H,1-3,7H2;/p-6. The Bertz CT molecular complexity index is 507. The molecule has 0 spiro atoms. The fourth-order valence-corrected chi connectivity index (χ4v) is 4.79. The van der Waals surface area contributed by atoms with E-state index in [-0.39, 0.29) is 30.5 Å². The van der Waals surface area contributed by atoms with E-state index in [9.17, 15) is 0 Å². The van der Waals surface area contributed by atoms with Crippen molar-refractivity contribution in [2.75, 3.05) is 0 Å². The average Bonchev–Trinajstić information content (AvgIpc) is 3.29. The molecular formula is C18H27CoN3S6-6. The number of hydrogen-bond acceptors (Lipinski definition) is 9. The molecule has 0 fully saturated rings. The predicted molar refractivity (Wildman–Crippen MR) is 131 cm³/mol. The van der Waals surface area contributed by atoms with Crippen molar-refractivity contribution in [3.8, 4) is 0 Å². The molecule has 0 saturated heterocycles. The van der Waals surface area contributed by atoms with Gasteiger partial charge in [-0.05, 0) is 57.8 Å². The van der Waals surface area contributed by atoms with E-state index in [1.807, 2.05) is 0 Å². The fourth-order valence-electron chi connectivity index (χ4n) is 3.18. The maximum atomic E-state index is 5.63. The minimum atomic E-state index is -0.160. The summed E-state index contributed by atoms with van der Waals surface area (Å²) < 4.78 is -0.479. The topological polar surface area (TPSA) is 78.1 Å². The molecule has 0 heterocycles.